The zero-order chi connectivity index (χ0) is 25.3. The maximum absolute atomic E-state index is 11.9. The van der Waals surface area contributed by atoms with Crippen LogP contribution >= 0.6 is 0 Å². The van der Waals surface area contributed by atoms with Gasteiger partial charge in [0.25, 0.3) is 0 Å². The number of hydrogen-bond acceptors (Lipinski definition) is 7. The number of para-hydroxylation sites is 1. The van der Waals surface area contributed by atoms with Gasteiger partial charge in [-0.05, 0) is 55.9 Å². The highest BCUT2D eigenvalue weighted by Crippen LogP contribution is 2.38. The van der Waals surface area contributed by atoms with Gasteiger partial charge in [-0.3, -0.25) is 0 Å². The van der Waals surface area contributed by atoms with Crippen molar-refractivity contribution in [1.29, 1.82) is 0 Å². The highest BCUT2D eigenvalue weighted by atomic mass is 32.2. The lowest BCUT2D eigenvalue weighted by atomic mass is 9.91. The van der Waals surface area contributed by atoms with Crippen LogP contribution in [0.3, 0.4) is 0 Å². The summed E-state index contributed by atoms with van der Waals surface area (Å²) in [5.41, 5.74) is 8.87. The Kier molecular flexibility index (Phi) is 6.63. The smallest absolute Gasteiger partial charge is 0.233 e. The van der Waals surface area contributed by atoms with Crippen molar-refractivity contribution in [2.75, 3.05) is 5.73 Å². The molecule has 3 aromatic rings. The average Bonchev–Trinajstić information content (AvgIpc) is 3.27. The van der Waals surface area contributed by atoms with Gasteiger partial charge in [-0.15, -0.1) is 0 Å². The molecule has 1 unspecified atom stereocenters. The van der Waals surface area contributed by atoms with Gasteiger partial charge in [-0.2, -0.15) is 5.10 Å². The Morgan fingerprint density at radius 3 is 2.58 bits per heavy atom. The molecule has 0 saturated heterocycles. The summed E-state index contributed by atoms with van der Waals surface area (Å²) in [6, 6.07) is 9.73. The van der Waals surface area contributed by atoms with Crippen LogP contribution in [0.4, 0.5) is 5.82 Å². The van der Waals surface area contributed by atoms with E-state index in [1.165, 1.54) is 6.33 Å². The Hall–Kier alpha value is -3.50. The first-order valence-corrected chi connectivity index (χ1v) is 13.7. The van der Waals surface area contributed by atoms with E-state index in [9.17, 15) is 8.42 Å². The Balaban J connectivity index is 1.42. The molecule has 1 saturated carbocycles. The standard InChI is InChI=1S/C26H30N6O3S/c1-3-36(33,34)31-19-10-12-20(13-11-19)32-26-23(25(27)28-16-29-26)24(30-32)18-9-14-22(17(2)15-18)35-21-7-5-4-6-8-21/h3-9,14,16-17,19-20,31H,1,10-13,15H2,2H3,(H2,27,28,29). The summed E-state index contributed by atoms with van der Waals surface area (Å²) >= 11 is 0. The van der Waals surface area contributed by atoms with E-state index in [-0.39, 0.29) is 18.0 Å². The van der Waals surface area contributed by atoms with Crippen LogP contribution in [0, 0.1) is 5.92 Å². The van der Waals surface area contributed by atoms with Crippen molar-refractivity contribution in [3.8, 4) is 5.75 Å². The molecule has 0 spiro atoms. The molecule has 3 N–H and O–H groups in total. The van der Waals surface area contributed by atoms with Gasteiger partial charge < -0.3 is 10.5 Å². The molecule has 2 heterocycles. The molecule has 5 rings (SSSR count). The lowest BCUT2D eigenvalue weighted by Gasteiger charge is -2.29. The van der Waals surface area contributed by atoms with Crippen molar-refractivity contribution >= 4 is 32.4 Å². The number of fused-ring (bicyclic) bond motifs is 1. The molecule has 0 bridgehead atoms. The third kappa shape index (κ3) is 4.91. The zero-order valence-electron chi connectivity index (χ0n) is 20.2. The molecule has 1 atom stereocenters. The van der Waals surface area contributed by atoms with Gasteiger partial charge in [0.15, 0.2) is 5.65 Å². The maximum atomic E-state index is 11.9. The van der Waals surface area contributed by atoms with E-state index >= 15 is 0 Å². The average molecular weight is 507 g/mol. The fourth-order valence-electron chi connectivity index (χ4n) is 4.97. The second kappa shape index (κ2) is 9.87. The van der Waals surface area contributed by atoms with E-state index in [0.717, 1.165) is 52.8 Å². The molecule has 2 aromatic heterocycles. The van der Waals surface area contributed by atoms with Crippen molar-refractivity contribution in [1.82, 2.24) is 24.5 Å². The van der Waals surface area contributed by atoms with Crippen LogP contribution in [0.1, 0.15) is 50.8 Å². The number of rotatable bonds is 7. The lowest BCUT2D eigenvalue weighted by Crippen LogP contribution is -2.37. The number of aromatic nitrogens is 4. The van der Waals surface area contributed by atoms with Gasteiger partial charge >= 0.3 is 0 Å². The van der Waals surface area contributed by atoms with Gasteiger partial charge in [0.05, 0.1) is 11.4 Å². The van der Waals surface area contributed by atoms with Crippen LogP contribution in [0.25, 0.3) is 16.6 Å². The Bertz CT molecular complexity index is 1440. The van der Waals surface area contributed by atoms with Crippen molar-refractivity contribution in [3.05, 3.63) is 72.3 Å². The van der Waals surface area contributed by atoms with Crippen molar-refractivity contribution in [2.45, 2.75) is 51.1 Å². The predicted octanol–water partition coefficient (Wildman–Crippen LogP) is 4.34. The van der Waals surface area contributed by atoms with Gasteiger partial charge in [-0.1, -0.05) is 37.8 Å². The van der Waals surface area contributed by atoms with E-state index in [2.05, 4.69) is 28.2 Å². The number of sulfonamides is 1. The summed E-state index contributed by atoms with van der Waals surface area (Å²) in [5.74, 6) is 2.27. The third-order valence-corrected chi connectivity index (χ3v) is 7.96. The van der Waals surface area contributed by atoms with Crippen molar-refractivity contribution in [2.24, 2.45) is 5.92 Å². The second-order valence-corrected chi connectivity index (χ2v) is 11.0. The van der Waals surface area contributed by atoms with Crippen LogP contribution < -0.4 is 15.2 Å². The molecule has 0 aliphatic heterocycles. The van der Waals surface area contributed by atoms with E-state index in [4.69, 9.17) is 15.6 Å². The fraction of sp³-hybridized carbons (Fsp3) is 0.346. The number of nitrogen functional groups attached to an aromatic ring is 1. The van der Waals surface area contributed by atoms with E-state index < -0.39 is 10.0 Å². The van der Waals surface area contributed by atoms with Crippen LogP contribution in [-0.2, 0) is 10.0 Å². The van der Waals surface area contributed by atoms with Crippen LogP contribution in [0.2, 0.25) is 0 Å². The van der Waals surface area contributed by atoms with E-state index in [1.807, 2.05) is 47.2 Å². The molecule has 10 heteroatoms. The highest BCUT2D eigenvalue weighted by molar-refractivity contribution is 7.92. The first-order chi connectivity index (χ1) is 17.3. The Morgan fingerprint density at radius 1 is 1.14 bits per heavy atom. The number of nitrogens with two attached hydrogens (primary N) is 1. The summed E-state index contributed by atoms with van der Waals surface area (Å²) in [6.07, 6.45) is 9.21. The molecule has 2 aliphatic rings. The highest BCUT2D eigenvalue weighted by Gasteiger charge is 2.29. The minimum Gasteiger partial charge on any atom is -0.461 e. The largest absolute Gasteiger partial charge is 0.461 e. The van der Waals surface area contributed by atoms with Gasteiger partial charge in [-0.25, -0.2) is 27.8 Å². The topological polar surface area (TPSA) is 125 Å². The molecular weight excluding hydrogens is 476 g/mol. The number of nitrogens with zero attached hydrogens (tertiary/aromatic N) is 4. The number of hydrogen-bond donors (Lipinski definition) is 2. The molecule has 0 radical (unpaired) electrons. The van der Waals surface area contributed by atoms with Gasteiger partial charge in [0, 0.05) is 17.4 Å². The van der Waals surface area contributed by atoms with Crippen LogP contribution in [-0.4, -0.2) is 34.2 Å². The molecule has 9 nitrogen and oxygen atoms in total. The minimum absolute atomic E-state index is 0.0918. The summed E-state index contributed by atoms with van der Waals surface area (Å²) in [6.45, 7) is 5.50. The molecule has 36 heavy (non-hydrogen) atoms. The normalized spacial score (nSPS) is 22.6. The quantitative estimate of drug-likeness (QED) is 0.488. The van der Waals surface area contributed by atoms with Crippen molar-refractivity contribution < 1.29 is 13.2 Å². The lowest BCUT2D eigenvalue weighted by molar-refractivity contribution is 0.298. The molecule has 1 fully saturated rings. The number of allylic oxidation sites excluding steroid dienone is 4. The molecule has 2 aliphatic carbocycles. The van der Waals surface area contributed by atoms with Crippen LogP contribution in [0.15, 0.2) is 66.6 Å². The maximum Gasteiger partial charge on any atom is 0.233 e. The predicted molar refractivity (Wildman–Crippen MR) is 140 cm³/mol. The molecular formula is C26H30N6O3S. The molecule has 0 amide bonds. The molecule has 1 aromatic carbocycles. The summed E-state index contributed by atoms with van der Waals surface area (Å²) in [4.78, 5) is 8.76. The first-order valence-electron chi connectivity index (χ1n) is 12.1. The van der Waals surface area contributed by atoms with Gasteiger partial charge in [0.1, 0.15) is 29.3 Å². The first kappa shape index (κ1) is 24.2. The SMILES string of the molecule is C=CS(=O)(=O)NC1CCC(n2nc(C3=CC=C(Oc4ccccc4)C(C)C3)c3c(N)ncnc32)CC1. The summed E-state index contributed by atoms with van der Waals surface area (Å²) in [5, 5.41) is 6.71. The minimum atomic E-state index is -3.45. The molecule has 188 valence electrons. The third-order valence-electron chi connectivity index (χ3n) is 6.85. The Morgan fingerprint density at radius 2 is 1.89 bits per heavy atom. The second-order valence-electron chi connectivity index (χ2n) is 9.37. The Labute approximate surface area is 210 Å². The van der Waals surface area contributed by atoms with Crippen molar-refractivity contribution in [3.63, 3.8) is 0 Å². The van der Waals surface area contributed by atoms with E-state index in [1.54, 1.807) is 0 Å². The summed E-state index contributed by atoms with van der Waals surface area (Å²) in [7, 11) is -3.45. The number of benzene rings is 1. The fourth-order valence-corrected chi connectivity index (χ4v) is 5.77. The number of anilines is 1. The number of ether oxygens (including phenoxy) is 1. The zero-order valence-corrected chi connectivity index (χ0v) is 21.0. The van der Waals surface area contributed by atoms with E-state index in [0.29, 0.717) is 24.3 Å². The van der Waals surface area contributed by atoms with Crippen LogP contribution in [0.5, 0.6) is 5.75 Å². The number of nitrogens with one attached hydrogen (secondary N) is 1. The summed E-state index contributed by atoms with van der Waals surface area (Å²) < 4.78 is 34.5. The van der Waals surface area contributed by atoms with Gasteiger partial charge in [0.2, 0.25) is 10.0 Å². The monoisotopic (exact) mass is 506 g/mol.